The summed E-state index contributed by atoms with van der Waals surface area (Å²) in [5, 5.41) is 11.7. The number of carbonyl (C=O) groups excluding carboxylic acids is 1. The van der Waals surface area contributed by atoms with E-state index in [2.05, 4.69) is 5.32 Å². The van der Waals surface area contributed by atoms with Crippen LogP contribution in [0.25, 0.3) is 0 Å². The van der Waals surface area contributed by atoms with Crippen molar-refractivity contribution in [2.45, 2.75) is 38.8 Å². The minimum absolute atomic E-state index is 0.0527. The standard InChI is InChI=1S/C12H22N2O5S/c1-3-5-13-12(17)9(2)14(7-11(15)16)10-4-6-20(18,19)8-10/h9-10H,3-8H2,1-2H3,(H,13,17)(H,15,16). The number of hydrogen-bond donors (Lipinski definition) is 2. The van der Waals surface area contributed by atoms with Crippen LogP contribution in [0, 0.1) is 0 Å². The van der Waals surface area contributed by atoms with E-state index < -0.39 is 27.9 Å². The molecule has 1 rings (SSSR count). The second-order valence-corrected chi connectivity index (χ2v) is 7.32. The molecule has 0 aromatic carbocycles. The van der Waals surface area contributed by atoms with Gasteiger partial charge in [0.15, 0.2) is 9.84 Å². The number of carbonyl (C=O) groups is 2. The molecule has 2 unspecified atom stereocenters. The van der Waals surface area contributed by atoms with E-state index in [4.69, 9.17) is 5.11 Å². The number of nitrogens with one attached hydrogen (secondary N) is 1. The van der Waals surface area contributed by atoms with Crippen LogP contribution in [0.2, 0.25) is 0 Å². The van der Waals surface area contributed by atoms with Crippen LogP contribution in [0.15, 0.2) is 0 Å². The first kappa shape index (κ1) is 16.9. The molecule has 0 aromatic heterocycles. The second-order valence-electron chi connectivity index (χ2n) is 5.09. The van der Waals surface area contributed by atoms with Crippen LogP contribution in [0.3, 0.4) is 0 Å². The molecule has 1 aliphatic heterocycles. The number of carboxylic acids is 1. The third-order valence-corrected chi connectivity index (χ3v) is 5.17. The molecule has 1 fully saturated rings. The average Bonchev–Trinajstić information content (AvgIpc) is 2.72. The molecule has 1 saturated heterocycles. The van der Waals surface area contributed by atoms with Gasteiger partial charge in [-0.2, -0.15) is 0 Å². The summed E-state index contributed by atoms with van der Waals surface area (Å²) in [4.78, 5) is 24.4. The summed E-state index contributed by atoms with van der Waals surface area (Å²) in [7, 11) is -3.12. The quantitative estimate of drug-likeness (QED) is 0.655. The number of carboxylic acid groups (broad SMARTS) is 1. The molecule has 0 radical (unpaired) electrons. The Morgan fingerprint density at radius 1 is 1.45 bits per heavy atom. The van der Waals surface area contributed by atoms with E-state index in [1.807, 2.05) is 6.92 Å². The largest absolute Gasteiger partial charge is 0.480 e. The van der Waals surface area contributed by atoms with Crippen LogP contribution in [0.4, 0.5) is 0 Å². The first-order valence-electron chi connectivity index (χ1n) is 6.72. The van der Waals surface area contributed by atoms with Gasteiger partial charge in [0.25, 0.3) is 0 Å². The predicted octanol–water partition coefficient (Wildman–Crippen LogP) is -0.525. The van der Waals surface area contributed by atoms with Crippen molar-refractivity contribution in [2.24, 2.45) is 0 Å². The van der Waals surface area contributed by atoms with Crippen LogP contribution in [-0.4, -0.2) is 67.0 Å². The van der Waals surface area contributed by atoms with Gasteiger partial charge in [0, 0.05) is 12.6 Å². The van der Waals surface area contributed by atoms with E-state index in [-0.39, 0.29) is 24.0 Å². The van der Waals surface area contributed by atoms with Crippen LogP contribution in [0.1, 0.15) is 26.7 Å². The highest BCUT2D eigenvalue weighted by atomic mass is 32.2. The number of amides is 1. The van der Waals surface area contributed by atoms with Gasteiger partial charge in [-0.1, -0.05) is 6.92 Å². The SMILES string of the molecule is CCCNC(=O)C(C)N(CC(=O)O)C1CCS(=O)(=O)C1. The zero-order chi connectivity index (χ0) is 15.3. The lowest BCUT2D eigenvalue weighted by Gasteiger charge is -2.31. The van der Waals surface area contributed by atoms with E-state index in [0.29, 0.717) is 13.0 Å². The Kier molecular flexibility index (Phi) is 5.94. The third kappa shape index (κ3) is 4.75. The third-order valence-electron chi connectivity index (χ3n) is 3.42. The summed E-state index contributed by atoms with van der Waals surface area (Å²) in [6.45, 7) is 3.72. The predicted molar refractivity (Wildman–Crippen MR) is 74.2 cm³/mol. The van der Waals surface area contributed by atoms with Gasteiger partial charge >= 0.3 is 5.97 Å². The number of hydrogen-bond acceptors (Lipinski definition) is 5. The van der Waals surface area contributed by atoms with Gasteiger partial charge in [-0.3, -0.25) is 14.5 Å². The molecule has 0 aliphatic carbocycles. The van der Waals surface area contributed by atoms with Crippen LogP contribution >= 0.6 is 0 Å². The first-order chi connectivity index (χ1) is 9.26. The molecule has 116 valence electrons. The van der Waals surface area contributed by atoms with Gasteiger partial charge in [0.2, 0.25) is 5.91 Å². The van der Waals surface area contributed by atoms with E-state index in [9.17, 15) is 18.0 Å². The molecule has 7 nitrogen and oxygen atoms in total. The summed E-state index contributed by atoms with van der Waals surface area (Å²) in [5.74, 6) is -1.36. The molecular weight excluding hydrogens is 284 g/mol. The van der Waals surface area contributed by atoms with Crippen LogP contribution in [0.5, 0.6) is 0 Å². The average molecular weight is 306 g/mol. The zero-order valence-corrected chi connectivity index (χ0v) is 12.6. The maximum absolute atomic E-state index is 11.9. The Labute approximate surface area is 119 Å². The maximum Gasteiger partial charge on any atom is 0.317 e. The molecule has 20 heavy (non-hydrogen) atoms. The molecule has 1 heterocycles. The lowest BCUT2D eigenvalue weighted by Crippen LogP contribution is -2.52. The van der Waals surface area contributed by atoms with Crippen molar-refractivity contribution >= 4 is 21.7 Å². The lowest BCUT2D eigenvalue weighted by atomic mass is 10.1. The highest BCUT2D eigenvalue weighted by Gasteiger charge is 2.37. The highest BCUT2D eigenvalue weighted by molar-refractivity contribution is 7.91. The minimum Gasteiger partial charge on any atom is -0.480 e. The Hall–Kier alpha value is -1.15. The van der Waals surface area contributed by atoms with E-state index in [1.165, 1.54) is 4.90 Å². The fourth-order valence-electron chi connectivity index (χ4n) is 2.32. The number of rotatable bonds is 7. The summed E-state index contributed by atoms with van der Waals surface area (Å²) in [6, 6.07) is -1.06. The number of aliphatic carboxylic acids is 1. The van der Waals surface area contributed by atoms with Crippen LogP contribution < -0.4 is 5.32 Å². The minimum atomic E-state index is -3.12. The molecule has 0 bridgehead atoms. The van der Waals surface area contributed by atoms with Crippen molar-refractivity contribution in [2.75, 3.05) is 24.6 Å². The molecular formula is C12H22N2O5S. The smallest absolute Gasteiger partial charge is 0.317 e. The van der Waals surface area contributed by atoms with Crippen molar-refractivity contribution in [3.05, 3.63) is 0 Å². The van der Waals surface area contributed by atoms with E-state index >= 15 is 0 Å². The van der Waals surface area contributed by atoms with E-state index in [1.54, 1.807) is 6.92 Å². The second kappa shape index (κ2) is 7.03. The van der Waals surface area contributed by atoms with Crippen molar-refractivity contribution in [1.29, 1.82) is 0 Å². The summed E-state index contributed by atoms with van der Waals surface area (Å²) in [6.07, 6.45) is 1.16. The summed E-state index contributed by atoms with van der Waals surface area (Å²) in [5.41, 5.74) is 0. The van der Waals surface area contributed by atoms with Gasteiger partial charge < -0.3 is 10.4 Å². The molecule has 0 aromatic rings. The Balaban J connectivity index is 2.78. The van der Waals surface area contributed by atoms with Gasteiger partial charge in [-0.15, -0.1) is 0 Å². The molecule has 2 atom stereocenters. The Morgan fingerprint density at radius 2 is 2.10 bits per heavy atom. The zero-order valence-electron chi connectivity index (χ0n) is 11.8. The maximum atomic E-state index is 11.9. The van der Waals surface area contributed by atoms with Crippen molar-refractivity contribution in [1.82, 2.24) is 10.2 Å². The number of nitrogens with zero attached hydrogens (tertiary/aromatic N) is 1. The molecule has 0 spiro atoms. The van der Waals surface area contributed by atoms with Gasteiger partial charge in [0.05, 0.1) is 24.1 Å². The lowest BCUT2D eigenvalue weighted by molar-refractivity contribution is -0.140. The summed E-state index contributed by atoms with van der Waals surface area (Å²) >= 11 is 0. The van der Waals surface area contributed by atoms with Gasteiger partial charge in [-0.05, 0) is 19.8 Å². The topological polar surface area (TPSA) is 104 Å². The fourth-order valence-corrected chi connectivity index (χ4v) is 4.06. The monoisotopic (exact) mass is 306 g/mol. The Morgan fingerprint density at radius 3 is 2.55 bits per heavy atom. The molecule has 2 N–H and O–H groups in total. The normalized spacial score (nSPS) is 22.6. The highest BCUT2D eigenvalue weighted by Crippen LogP contribution is 2.20. The van der Waals surface area contributed by atoms with Gasteiger partial charge in [0.1, 0.15) is 0 Å². The molecule has 1 amide bonds. The fraction of sp³-hybridized carbons (Fsp3) is 0.833. The number of sulfone groups is 1. The molecule has 8 heteroatoms. The summed E-state index contributed by atoms with van der Waals surface area (Å²) < 4.78 is 23.0. The van der Waals surface area contributed by atoms with Crippen LogP contribution in [-0.2, 0) is 19.4 Å². The van der Waals surface area contributed by atoms with Crippen molar-refractivity contribution in [3.63, 3.8) is 0 Å². The first-order valence-corrected chi connectivity index (χ1v) is 8.54. The van der Waals surface area contributed by atoms with Gasteiger partial charge in [-0.25, -0.2) is 8.42 Å². The molecule has 1 aliphatic rings. The van der Waals surface area contributed by atoms with E-state index in [0.717, 1.165) is 6.42 Å². The van der Waals surface area contributed by atoms with Crippen molar-refractivity contribution < 1.29 is 23.1 Å². The van der Waals surface area contributed by atoms with Crippen molar-refractivity contribution in [3.8, 4) is 0 Å². The molecule has 0 saturated carbocycles. The Bertz CT molecular complexity index is 462.